The van der Waals surface area contributed by atoms with E-state index < -0.39 is 0 Å². The molecule has 0 radical (unpaired) electrons. The lowest BCUT2D eigenvalue weighted by Gasteiger charge is -2.25. The predicted molar refractivity (Wildman–Crippen MR) is 47.3 cm³/mol. The van der Waals surface area contributed by atoms with Crippen molar-refractivity contribution in [2.24, 2.45) is 11.8 Å². The van der Waals surface area contributed by atoms with Gasteiger partial charge in [0.05, 0.1) is 0 Å². The van der Waals surface area contributed by atoms with Crippen LogP contribution in [-0.2, 0) is 4.79 Å². The Morgan fingerprint density at radius 3 is 1.55 bits per heavy atom. The first-order valence-electron chi connectivity index (χ1n) is 4.22. The summed E-state index contributed by atoms with van der Waals surface area (Å²) in [5.41, 5.74) is 0. The van der Waals surface area contributed by atoms with E-state index in [4.69, 9.17) is 0 Å². The minimum absolute atomic E-state index is 0.0670. The standard InChI is InChI=1S/C9H19NO/c1-6(2)9(7(3)4)10-8(5)11/h6-7,9H,1-5H3,(H,10,11). The molecule has 0 aromatic carbocycles. The van der Waals surface area contributed by atoms with Gasteiger partial charge in [0.1, 0.15) is 0 Å². The Hall–Kier alpha value is -0.530. The fourth-order valence-corrected chi connectivity index (χ4v) is 1.34. The topological polar surface area (TPSA) is 29.1 Å². The number of hydrogen-bond acceptors (Lipinski definition) is 1. The Labute approximate surface area is 69.4 Å². The van der Waals surface area contributed by atoms with E-state index in [0.29, 0.717) is 17.9 Å². The van der Waals surface area contributed by atoms with E-state index in [-0.39, 0.29) is 5.91 Å². The molecule has 0 saturated carbocycles. The van der Waals surface area contributed by atoms with Gasteiger partial charge < -0.3 is 5.32 Å². The zero-order valence-electron chi connectivity index (χ0n) is 8.14. The van der Waals surface area contributed by atoms with Crippen molar-refractivity contribution in [2.75, 3.05) is 0 Å². The lowest BCUT2D eigenvalue weighted by molar-refractivity contribution is -0.120. The van der Waals surface area contributed by atoms with E-state index in [1.54, 1.807) is 6.92 Å². The molecule has 0 aromatic heterocycles. The van der Waals surface area contributed by atoms with Gasteiger partial charge in [-0.25, -0.2) is 0 Å². The fraction of sp³-hybridized carbons (Fsp3) is 0.889. The van der Waals surface area contributed by atoms with Crippen molar-refractivity contribution >= 4 is 5.91 Å². The molecule has 2 nitrogen and oxygen atoms in total. The second kappa shape index (κ2) is 4.37. The maximum atomic E-state index is 10.8. The maximum Gasteiger partial charge on any atom is 0.217 e. The second-order valence-corrected chi connectivity index (χ2v) is 3.71. The summed E-state index contributed by atoms with van der Waals surface area (Å²) in [5, 5.41) is 2.94. The van der Waals surface area contributed by atoms with Crippen molar-refractivity contribution < 1.29 is 4.79 Å². The number of hydrogen-bond donors (Lipinski definition) is 1. The molecule has 0 unspecified atom stereocenters. The average Bonchev–Trinajstić information content (AvgIpc) is 1.81. The lowest BCUT2D eigenvalue weighted by Crippen LogP contribution is -2.40. The molecule has 0 atom stereocenters. The summed E-state index contributed by atoms with van der Waals surface area (Å²) >= 11 is 0. The SMILES string of the molecule is CC(=O)NC(C(C)C)C(C)C. The quantitative estimate of drug-likeness (QED) is 0.665. The zero-order valence-corrected chi connectivity index (χ0v) is 8.14. The molecular weight excluding hydrogens is 138 g/mol. The number of amides is 1. The smallest absolute Gasteiger partial charge is 0.217 e. The van der Waals surface area contributed by atoms with E-state index >= 15 is 0 Å². The molecule has 0 saturated heterocycles. The Morgan fingerprint density at radius 2 is 1.45 bits per heavy atom. The Kier molecular flexibility index (Phi) is 4.16. The number of nitrogens with one attached hydrogen (secondary N) is 1. The zero-order chi connectivity index (χ0) is 9.02. The van der Waals surface area contributed by atoms with Crippen LogP contribution in [-0.4, -0.2) is 11.9 Å². The molecule has 0 rings (SSSR count). The first kappa shape index (κ1) is 10.5. The maximum absolute atomic E-state index is 10.8. The highest BCUT2D eigenvalue weighted by Crippen LogP contribution is 2.11. The van der Waals surface area contributed by atoms with Crippen molar-refractivity contribution in [3.05, 3.63) is 0 Å². The van der Waals surface area contributed by atoms with Crippen molar-refractivity contribution in [1.29, 1.82) is 0 Å². The van der Waals surface area contributed by atoms with Crippen molar-refractivity contribution in [2.45, 2.75) is 40.7 Å². The number of carbonyl (C=O) groups is 1. The third-order valence-electron chi connectivity index (χ3n) is 1.81. The van der Waals surface area contributed by atoms with Crippen LogP contribution in [0.3, 0.4) is 0 Å². The molecule has 11 heavy (non-hydrogen) atoms. The highest BCUT2D eigenvalue weighted by Gasteiger charge is 2.17. The molecule has 0 heterocycles. The van der Waals surface area contributed by atoms with Crippen molar-refractivity contribution in [1.82, 2.24) is 5.32 Å². The van der Waals surface area contributed by atoms with Gasteiger partial charge in [0, 0.05) is 13.0 Å². The molecule has 0 aliphatic heterocycles. The molecular formula is C9H19NO. The molecule has 0 spiro atoms. The van der Waals surface area contributed by atoms with Gasteiger partial charge in [0.2, 0.25) is 5.91 Å². The third-order valence-corrected chi connectivity index (χ3v) is 1.81. The molecule has 66 valence electrons. The molecule has 0 bridgehead atoms. The van der Waals surface area contributed by atoms with E-state index in [1.807, 2.05) is 0 Å². The van der Waals surface area contributed by atoms with E-state index in [9.17, 15) is 4.79 Å². The van der Waals surface area contributed by atoms with Gasteiger partial charge in [0.15, 0.2) is 0 Å². The number of carbonyl (C=O) groups excluding carboxylic acids is 1. The van der Waals surface area contributed by atoms with Gasteiger partial charge in [-0.15, -0.1) is 0 Å². The molecule has 0 aromatic rings. The first-order valence-corrected chi connectivity index (χ1v) is 4.22. The van der Waals surface area contributed by atoms with Gasteiger partial charge in [-0.05, 0) is 11.8 Å². The van der Waals surface area contributed by atoms with Crippen LogP contribution in [0.4, 0.5) is 0 Å². The van der Waals surface area contributed by atoms with Crippen LogP contribution in [0.5, 0.6) is 0 Å². The van der Waals surface area contributed by atoms with Crippen LogP contribution in [0, 0.1) is 11.8 Å². The summed E-state index contributed by atoms with van der Waals surface area (Å²) in [6.07, 6.45) is 0. The summed E-state index contributed by atoms with van der Waals surface area (Å²) in [6.45, 7) is 10.1. The minimum atomic E-state index is 0.0670. The van der Waals surface area contributed by atoms with E-state index in [2.05, 4.69) is 33.0 Å². The summed E-state index contributed by atoms with van der Waals surface area (Å²) in [4.78, 5) is 10.8. The lowest BCUT2D eigenvalue weighted by atomic mass is 9.93. The molecule has 1 N–H and O–H groups in total. The fourth-order valence-electron chi connectivity index (χ4n) is 1.34. The van der Waals surface area contributed by atoms with Gasteiger partial charge in [-0.1, -0.05) is 27.7 Å². The van der Waals surface area contributed by atoms with Crippen molar-refractivity contribution in [3.63, 3.8) is 0 Å². The summed E-state index contributed by atoms with van der Waals surface area (Å²) in [7, 11) is 0. The van der Waals surface area contributed by atoms with E-state index in [1.165, 1.54) is 0 Å². The first-order chi connectivity index (χ1) is 4.95. The Morgan fingerprint density at radius 1 is 1.09 bits per heavy atom. The number of rotatable bonds is 3. The van der Waals surface area contributed by atoms with Gasteiger partial charge in [-0.2, -0.15) is 0 Å². The largest absolute Gasteiger partial charge is 0.353 e. The Bertz CT molecular complexity index is 122. The van der Waals surface area contributed by atoms with Gasteiger partial charge >= 0.3 is 0 Å². The third kappa shape index (κ3) is 4.02. The highest BCUT2D eigenvalue weighted by atomic mass is 16.1. The van der Waals surface area contributed by atoms with Crippen LogP contribution in [0.1, 0.15) is 34.6 Å². The summed E-state index contributed by atoms with van der Waals surface area (Å²) in [6, 6.07) is 0.312. The molecule has 2 heteroatoms. The van der Waals surface area contributed by atoms with Crippen LogP contribution in [0.15, 0.2) is 0 Å². The molecule has 0 fully saturated rings. The Balaban J connectivity index is 4.00. The molecule has 0 aliphatic carbocycles. The highest BCUT2D eigenvalue weighted by molar-refractivity contribution is 5.73. The van der Waals surface area contributed by atoms with Crippen LogP contribution < -0.4 is 5.32 Å². The van der Waals surface area contributed by atoms with Crippen molar-refractivity contribution in [3.8, 4) is 0 Å². The molecule has 1 amide bonds. The summed E-state index contributed by atoms with van der Waals surface area (Å²) in [5.74, 6) is 1.09. The summed E-state index contributed by atoms with van der Waals surface area (Å²) < 4.78 is 0. The van der Waals surface area contributed by atoms with E-state index in [0.717, 1.165) is 0 Å². The predicted octanol–water partition coefficient (Wildman–Crippen LogP) is 1.80. The minimum Gasteiger partial charge on any atom is -0.353 e. The second-order valence-electron chi connectivity index (χ2n) is 3.71. The molecule has 0 aliphatic rings. The average molecular weight is 157 g/mol. The van der Waals surface area contributed by atoms with Crippen LogP contribution >= 0.6 is 0 Å². The van der Waals surface area contributed by atoms with Crippen LogP contribution in [0.2, 0.25) is 0 Å². The monoisotopic (exact) mass is 157 g/mol. The van der Waals surface area contributed by atoms with Gasteiger partial charge in [-0.3, -0.25) is 4.79 Å². The normalized spacial score (nSPS) is 11.3. The van der Waals surface area contributed by atoms with Crippen LogP contribution in [0.25, 0.3) is 0 Å². The van der Waals surface area contributed by atoms with Gasteiger partial charge in [0.25, 0.3) is 0 Å².